The second kappa shape index (κ2) is 6.14. The highest BCUT2D eigenvalue weighted by atomic mass is 16.5. The topological polar surface area (TPSA) is 43.4 Å². The fraction of sp³-hybridized carbons (Fsp3) is 0.263. The van der Waals surface area contributed by atoms with Gasteiger partial charge in [0.05, 0.1) is 5.92 Å². The highest BCUT2D eigenvalue weighted by molar-refractivity contribution is 6.01. The first-order valence-corrected chi connectivity index (χ1v) is 7.62. The molecule has 0 aromatic heterocycles. The molecular formula is C19H18O3. The molecule has 1 unspecified atom stereocenters. The molecule has 2 aromatic carbocycles. The van der Waals surface area contributed by atoms with Gasteiger partial charge in [-0.15, -0.1) is 0 Å². The Bertz CT molecular complexity index is 704. The summed E-state index contributed by atoms with van der Waals surface area (Å²) in [7, 11) is 0. The van der Waals surface area contributed by atoms with E-state index in [0.717, 1.165) is 23.1 Å². The van der Waals surface area contributed by atoms with E-state index in [4.69, 9.17) is 4.74 Å². The zero-order valence-corrected chi connectivity index (χ0v) is 12.5. The van der Waals surface area contributed by atoms with Crippen LogP contribution in [0, 0.1) is 0 Å². The van der Waals surface area contributed by atoms with Gasteiger partial charge in [0, 0.05) is 12.0 Å². The first kappa shape index (κ1) is 14.5. The SMILES string of the molecule is CCC(C(=O)Oc1ccccc1)c1cccc2c1CCC2=O. The standard InChI is InChI=1S/C19H18O3/c1-2-14(19(21)22-13-7-4-3-5-8-13)15-9-6-10-17-16(15)11-12-18(17)20/h3-10,14H,2,11-12H2,1H3. The Balaban J connectivity index is 1.89. The highest BCUT2D eigenvalue weighted by Gasteiger charge is 2.29. The van der Waals surface area contributed by atoms with Crippen LogP contribution in [0.5, 0.6) is 5.75 Å². The average Bonchev–Trinajstić information content (AvgIpc) is 2.91. The Morgan fingerprint density at radius 3 is 2.59 bits per heavy atom. The van der Waals surface area contributed by atoms with Gasteiger partial charge in [-0.25, -0.2) is 0 Å². The van der Waals surface area contributed by atoms with Gasteiger partial charge in [0.2, 0.25) is 0 Å². The number of hydrogen-bond donors (Lipinski definition) is 0. The van der Waals surface area contributed by atoms with Crippen molar-refractivity contribution in [1.82, 2.24) is 0 Å². The molecule has 0 saturated heterocycles. The Kier molecular flexibility index (Phi) is 4.05. The number of rotatable bonds is 4. The number of benzene rings is 2. The Labute approximate surface area is 129 Å². The molecule has 0 N–H and O–H groups in total. The average molecular weight is 294 g/mol. The van der Waals surface area contributed by atoms with Gasteiger partial charge in [0.25, 0.3) is 0 Å². The van der Waals surface area contributed by atoms with Gasteiger partial charge >= 0.3 is 5.97 Å². The van der Waals surface area contributed by atoms with E-state index in [9.17, 15) is 9.59 Å². The minimum Gasteiger partial charge on any atom is -0.426 e. The fourth-order valence-corrected chi connectivity index (χ4v) is 3.03. The maximum absolute atomic E-state index is 12.5. The van der Waals surface area contributed by atoms with Gasteiger partial charge in [0.15, 0.2) is 5.78 Å². The van der Waals surface area contributed by atoms with Crippen molar-refractivity contribution in [2.45, 2.75) is 32.1 Å². The van der Waals surface area contributed by atoms with Crippen LogP contribution in [-0.4, -0.2) is 11.8 Å². The molecule has 1 atom stereocenters. The summed E-state index contributed by atoms with van der Waals surface area (Å²) in [5, 5.41) is 0. The largest absolute Gasteiger partial charge is 0.426 e. The van der Waals surface area contributed by atoms with Crippen molar-refractivity contribution in [3.05, 3.63) is 65.2 Å². The van der Waals surface area contributed by atoms with Crippen LogP contribution >= 0.6 is 0 Å². The molecule has 0 spiro atoms. The summed E-state index contributed by atoms with van der Waals surface area (Å²) < 4.78 is 5.48. The molecule has 112 valence electrons. The van der Waals surface area contributed by atoms with E-state index in [1.807, 2.05) is 43.3 Å². The summed E-state index contributed by atoms with van der Waals surface area (Å²) in [6.07, 6.45) is 1.91. The van der Waals surface area contributed by atoms with Crippen LogP contribution < -0.4 is 4.74 Å². The monoisotopic (exact) mass is 294 g/mol. The zero-order chi connectivity index (χ0) is 15.5. The zero-order valence-electron chi connectivity index (χ0n) is 12.5. The number of ether oxygens (including phenoxy) is 1. The number of carbonyl (C=O) groups is 2. The van der Waals surface area contributed by atoms with Crippen LogP contribution in [0.3, 0.4) is 0 Å². The number of ketones is 1. The summed E-state index contributed by atoms with van der Waals surface area (Å²) in [6, 6.07) is 14.7. The second-order valence-electron chi connectivity index (χ2n) is 5.49. The van der Waals surface area contributed by atoms with Crippen molar-refractivity contribution in [2.24, 2.45) is 0 Å². The maximum Gasteiger partial charge on any atom is 0.318 e. The molecule has 0 aliphatic heterocycles. The number of fused-ring (bicyclic) bond motifs is 1. The Morgan fingerprint density at radius 1 is 1.09 bits per heavy atom. The van der Waals surface area contributed by atoms with Crippen LogP contribution in [-0.2, 0) is 11.2 Å². The van der Waals surface area contributed by atoms with Crippen molar-refractivity contribution in [1.29, 1.82) is 0 Å². The van der Waals surface area contributed by atoms with E-state index in [-0.39, 0.29) is 17.7 Å². The van der Waals surface area contributed by atoms with Gasteiger partial charge < -0.3 is 4.74 Å². The lowest BCUT2D eigenvalue weighted by atomic mass is 9.90. The second-order valence-corrected chi connectivity index (χ2v) is 5.49. The molecule has 3 heteroatoms. The third-order valence-corrected chi connectivity index (χ3v) is 4.14. The molecule has 0 amide bonds. The lowest BCUT2D eigenvalue weighted by Gasteiger charge is -2.17. The predicted molar refractivity (Wildman–Crippen MR) is 84.2 cm³/mol. The molecule has 2 aromatic rings. The van der Waals surface area contributed by atoms with Crippen molar-refractivity contribution in [3.63, 3.8) is 0 Å². The first-order valence-electron chi connectivity index (χ1n) is 7.62. The fourth-order valence-electron chi connectivity index (χ4n) is 3.03. The minimum absolute atomic E-state index is 0.170. The van der Waals surface area contributed by atoms with Crippen molar-refractivity contribution < 1.29 is 14.3 Å². The molecule has 0 heterocycles. The summed E-state index contributed by atoms with van der Waals surface area (Å²) in [4.78, 5) is 24.4. The smallest absolute Gasteiger partial charge is 0.318 e. The van der Waals surface area contributed by atoms with E-state index >= 15 is 0 Å². The quantitative estimate of drug-likeness (QED) is 0.634. The number of Topliss-reactive ketones (excluding diaryl/α,β-unsaturated/α-hetero) is 1. The minimum atomic E-state index is -0.332. The lowest BCUT2D eigenvalue weighted by molar-refractivity contribution is -0.136. The molecule has 3 nitrogen and oxygen atoms in total. The maximum atomic E-state index is 12.5. The van der Waals surface area contributed by atoms with Gasteiger partial charge in [-0.05, 0) is 36.1 Å². The van der Waals surface area contributed by atoms with Crippen LogP contribution in [0.2, 0.25) is 0 Å². The van der Waals surface area contributed by atoms with E-state index in [1.165, 1.54) is 0 Å². The highest BCUT2D eigenvalue weighted by Crippen LogP contribution is 2.32. The van der Waals surface area contributed by atoms with Gasteiger partial charge in [0.1, 0.15) is 5.75 Å². The third kappa shape index (κ3) is 2.67. The number of hydrogen-bond acceptors (Lipinski definition) is 3. The Morgan fingerprint density at radius 2 is 1.86 bits per heavy atom. The molecule has 1 aliphatic rings. The molecular weight excluding hydrogens is 276 g/mol. The van der Waals surface area contributed by atoms with Crippen molar-refractivity contribution >= 4 is 11.8 Å². The van der Waals surface area contributed by atoms with Gasteiger partial charge in [-0.2, -0.15) is 0 Å². The van der Waals surface area contributed by atoms with Crippen LogP contribution in [0.4, 0.5) is 0 Å². The van der Waals surface area contributed by atoms with Crippen LogP contribution in [0.25, 0.3) is 0 Å². The summed E-state index contributed by atoms with van der Waals surface area (Å²) in [5.74, 6) is 0.125. The normalized spacial score (nSPS) is 14.5. The molecule has 0 fully saturated rings. The molecule has 22 heavy (non-hydrogen) atoms. The first-order chi connectivity index (χ1) is 10.7. The summed E-state index contributed by atoms with van der Waals surface area (Å²) >= 11 is 0. The lowest BCUT2D eigenvalue weighted by Crippen LogP contribution is -2.19. The molecule has 0 saturated carbocycles. The number of para-hydroxylation sites is 1. The van der Waals surface area contributed by atoms with Gasteiger partial charge in [-0.1, -0.05) is 43.3 Å². The third-order valence-electron chi connectivity index (χ3n) is 4.14. The van der Waals surface area contributed by atoms with E-state index in [2.05, 4.69) is 0 Å². The van der Waals surface area contributed by atoms with E-state index < -0.39 is 0 Å². The van der Waals surface area contributed by atoms with Crippen LogP contribution in [0.1, 0.15) is 47.2 Å². The van der Waals surface area contributed by atoms with E-state index in [0.29, 0.717) is 18.6 Å². The van der Waals surface area contributed by atoms with Crippen molar-refractivity contribution in [3.8, 4) is 5.75 Å². The van der Waals surface area contributed by atoms with Gasteiger partial charge in [-0.3, -0.25) is 9.59 Å². The summed E-state index contributed by atoms with van der Waals surface area (Å²) in [5.41, 5.74) is 2.72. The molecule has 0 radical (unpaired) electrons. The van der Waals surface area contributed by atoms with Crippen LogP contribution in [0.15, 0.2) is 48.5 Å². The molecule has 1 aliphatic carbocycles. The van der Waals surface area contributed by atoms with E-state index in [1.54, 1.807) is 12.1 Å². The molecule has 3 rings (SSSR count). The summed E-state index contributed by atoms with van der Waals surface area (Å²) in [6.45, 7) is 1.97. The Hall–Kier alpha value is -2.42. The molecule has 0 bridgehead atoms. The number of esters is 1. The number of carbonyl (C=O) groups excluding carboxylic acids is 2. The van der Waals surface area contributed by atoms with Crippen molar-refractivity contribution in [2.75, 3.05) is 0 Å². The predicted octanol–water partition coefficient (Wildman–Crippen LogP) is 3.91.